The van der Waals surface area contributed by atoms with Crippen molar-refractivity contribution in [3.8, 4) is 5.75 Å². The molecule has 1 heterocycles. The Bertz CT molecular complexity index is 538. The Morgan fingerprint density at radius 1 is 1.55 bits per heavy atom. The molecule has 0 bridgehead atoms. The van der Waals surface area contributed by atoms with Gasteiger partial charge in [-0.1, -0.05) is 6.07 Å². The van der Waals surface area contributed by atoms with Crippen molar-refractivity contribution in [3.05, 3.63) is 29.6 Å². The summed E-state index contributed by atoms with van der Waals surface area (Å²) >= 11 is 0. The Balaban J connectivity index is 2.19. The number of nitrogens with one attached hydrogen (secondary N) is 1. The molecule has 0 radical (unpaired) electrons. The number of halogens is 1. The number of nitrogens with zero attached hydrogens (tertiary/aromatic N) is 1. The van der Waals surface area contributed by atoms with Gasteiger partial charge in [-0.2, -0.15) is 0 Å². The van der Waals surface area contributed by atoms with Crippen LogP contribution in [0.15, 0.2) is 18.2 Å². The fourth-order valence-corrected chi connectivity index (χ4v) is 2.62. The molecule has 2 unspecified atom stereocenters. The Morgan fingerprint density at radius 3 is 2.90 bits per heavy atom. The van der Waals surface area contributed by atoms with E-state index >= 15 is 0 Å². The van der Waals surface area contributed by atoms with Gasteiger partial charge in [0, 0.05) is 29.4 Å². The number of ether oxygens (including phenoxy) is 1. The van der Waals surface area contributed by atoms with Gasteiger partial charge < -0.3 is 9.64 Å². The molecule has 1 N–H and O–H groups in total. The number of benzene rings is 1. The first kappa shape index (κ1) is 14.9. The average molecular weight is 300 g/mol. The minimum Gasteiger partial charge on any atom is -0.494 e. The lowest BCUT2D eigenvalue weighted by molar-refractivity contribution is -0.127. The lowest BCUT2D eigenvalue weighted by atomic mass is 10.1. The van der Waals surface area contributed by atoms with E-state index in [4.69, 9.17) is 4.74 Å². The summed E-state index contributed by atoms with van der Waals surface area (Å²) in [5.41, 5.74) is 0.649. The van der Waals surface area contributed by atoms with Gasteiger partial charge in [-0.15, -0.1) is 0 Å². The van der Waals surface area contributed by atoms with Crippen molar-refractivity contribution < 1.29 is 18.1 Å². The molecular formula is C13H17FN2O3S. The van der Waals surface area contributed by atoms with Crippen LogP contribution in [0.2, 0.25) is 0 Å². The fourth-order valence-electron chi connectivity index (χ4n) is 2.17. The second kappa shape index (κ2) is 6.32. The monoisotopic (exact) mass is 300 g/mol. The number of hydrogen-bond acceptors (Lipinski definition) is 4. The summed E-state index contributed by atoms with van der Waals surface area (Å²) in [7, 11) is 0.428. The van der Waals surface area contributed by atoms with Gasteiger partial charge in [0.05, 0.1) is 13.7 Å². The zero-order valence-electron chi connectivity index (χ0n) is 11.4. The lowest BCUT2D eigenvalue weighted by Gasteiger charge is -2.24. The van der Waals surface area contributed by atoms with E-state index in [1.807, 2.05) is 0 Å². The number of carbonyl (C=O) groups is 1. The number of methoxy groups -OCH3 is 1. The van der Waals surface area contributed by atoms with E-state index in [0.29, 0.717) is 17.9 Å². The maximum atomic E-state index is 13.7. The molecule has 110 valence electrons. The standard InChI is InChI=1S/C13H17FN2O3S/c1-19-11-4-3-9(7-10(11)14)13-15-8-12(17)16(13)5-6-20(2)18/h3-4,7,13,15H,5-6,8H2,1-2H3. The van der Waals surface area contributed by atoms with Gasteiger partial charge in [-0.05, 0) is 17.7 Å². The summed E-state index contributed by atoms with van der Waals surface area (Å²) in [5, 5.41) is 3.03. The Kier molecular flexibility index (Phi) is 4.72. The van der Waals surface area contributed by atoms with Crippen molar-refractivity contribution in [2.45, 2.75) is 6.17 Å². The predicted molar refractivity (Wildman–Crippen MR) is 74.3 cm³/mol. The van der Waals surface area contributed by atoms with Crippen molar-refractivity contribution in [3.63, 3.8) is 0 Å². The van der Waals surface area contributed by atoms with Gasteiger partial charge in [0.1, 0.15) is 6.17 Å². The summed E-state index contributed by atoms with van der Waals surface area (Å²) < 4.78 is 29.8. The van der Waals surface area contributed by atoms with Crippen LogP contribution in [0.5, 0.6) is 5.75 Å². The first-order chi connectivity index (χ1) is 9.52. The molecular weight excluding hydrogens is 283 g/mol. The minimum atomic E-state index is -0.973. The zero-order valence-corrected chi connectivity index (χ0v) is 12.2. The quantitative estimate of drug-likeness (QED) is 0.867. The Labute approximate surface area is 119 Å². The average Bonchev–Trinajstić information content (AvgIpc) is 2.77. The van der Waals surface area contributed by atoms with E-state index in [-0.39, 0.29) is 24.4 Å². The molecule has 1 aromatic carbocycles. The van der Waals surface area contributed by atoms with Crippen molar-refractivity contribution in [2.24, 2.45) is 0 Å². The molecule has 1 saturated heterocycles. The van der Waals surface area contributed by atoms with Crippen LogP contribution < -0.4 is 10.1 Å². The first-order valence-electron chi connectivity index (χ1n) is 6.19. The maximum Gasteiger partial charge on any atom is 0.238 e. The van der Waals surface area contributed by atoms with Crippen LogP contribution in [0.1, 0.15) is 11.7 Å². The highest BCUT2D eigenvalue weighted by atomic mass is 32.2. The molecule has 7 heteroatoms. The Hall–Kier alpha value is -1.47. The second-order valence-electron chi connectivity index (χ2n) is 4.54. The molecule has 1 fully saturated rings. The van der Waals surface area contributed by atoms with Crippen LogP contribution in [0.3, 0.4) is 0 Å². The SMILES string of the molecule is COc1ccc(C2NCC(=O)N2CCS(C)=O)cc1F. The van der Waals surface area contributed by atoms with Crippen molar-refractivity contribution in [2.75, 3.05) is 32.2 Å². The van der Waals surface area contributed by atoms with Gasteiger partial charge in [0.15, 0.2) is 11.6 Å². The topological polar surface area (TPSA) is 58.6 Å². The third-order valence-corrected chi connectivity index (χ3v) is 3.95. The van der Waals surface area contributed by atoms with Crippen LogP contribution in [0.4, 0.5) is 4.39 Å². The van der Waals surface area contributed by atoms with E-state index < -0.39 is 16.6 Å². The summed E-state index contributed by atoms with van der Waals surface area (Å²) in [5.74, 6) is 0.0314. The number of hydrogen-bond donors (Lipinski definition) is 1. The number of amides is 1. The molecule has 0 aromatic heterocycles. The Morgan fingerprint density at radius 2 is 2.30 bits per heavy atom. The van der Waals surface area contributed by atoms with E-state index in [2.05, 4.69) is 5.32 Å². The minimum absolute atomic E-state index is 0.0725. The van der Waals surface area contributed by atoms with Gasteiger partial charge in [-0.3, -0.25) is 14.3 Å². The fraction of sp³-hybridized carbons (Fsp3) is 0.462. The van der Waals surface area contributed by atoms with E-state index in [1.54, 1.807) is 17.2 Å². The van der Waals surface area contributed by atoms with Gasteiger partial charge in [-0.25, -0.2) is 4.39 Å². The van der Waals surface area contributed by atoms with Crippen molar-refractivity contribution in [1.82, 2.24) is 10.2 Å². The summed E-state index contributed by atoms with van der Waals surface area (Å²) in [4.78, 5) is 13.4. The summed E-state index contributed by atoms with van der Waals surface area (Å²) in [6.07, 6.45) is 1.21. The van der Waals surface area contributed by atoms with Gasteiger partial charge in [0.2, 0.25) is 5.91 Å². The molecule has 5 nitrogen and oxygen atoms in total. The molecule has 20 heavy (non-hydrogen) atoms. The van der Waals surface area contributed by atoms with Crippen LogP contribution in [0.25, 0.3) is 0 Å². The third-order valence-electron chi connectivity index (χ3n) is 3.19. The molecule has 0 saturated carbocycles. The largest absolute Gasteiger partial charge is 0.494 e. The van der Waals surface area contributed by atoms with Gasteiger partial charge >= 0.3 is 0 Å². The van der Waals surface area contributed by atoms with Crippen molar-refractivity contribution >= 4 is 16.7 Å². The normalized spacial score (nSPS) is 20.2. The molecule has 1 aromatic rings. The van der Waals surface area contributed by atoms with E-state index in [0.717, 1.165) is 0 Å². The molecule has 2 atom stereocenters. The number of carbonyl (C=O) groups excluding carboxylic acids is 1. The van der Waals surface area contributed by atoms with Gasteiger partial charge in [0.25, 0.3) is 0 Å². The summed E-state index contributed by atoms with van der Waals surface area (Å²) in [6, 6.07) is 4.60. The van der Waals surface area contributed by atoms with Crippen LogP contribution in [-0.2, 0) is 15.6 Å². The first-order valence-corrected chi connectivity index (χ1v) is 7.92. The van der Waals surface area contributed by atoms with Crippen LogP contribution in [-0.4, -0.2) is 47.2 Å². The second-order valence-corrected chi connectivity index (χ2v) is 6.10. The van der Waals surface area contributed by atoms with E-state index in [9.17, 15) is 13.4 Å². The highest BCUT2D eigenvalue weighted by Crippen LogP contribution is 2.26. The summed E-state index contributed by atoms with van der Waals surface area (Å²) in [6.45, 7) is 0.585. The smallest absolute Gasteiger partial charge is 0.238 e. The lowest BCUT2D eigenvalue weighted by Crippen LogP contribution is -2.33. The van der Waals surface area contributed by atoms with Crippen molar-refractivity contribution in [1.29, 1.82) is 0 Å². The van der Waals surface area contributed by atoms with Crippen LogP contribution >= 0.6 is 0 Å². The molecule has 1 aliphatic heterocycles. The predicted octanol–water partition coefficient (Wildman–Crippen LogP) is 0.643. The molecule has 1 aliphatic rings. The third kappa shape index (κ3) is 3.16. The zero-order chi connectivity index (χ0) is 14.7. The van der Waals surface area contributed by atoms with Crippen LogP contribution in [0, 0.1) is 5.82 Å². The maximum absolute atomic E-state index is 13.7. The van der Waals surface area contributed by atoms with E-state index in [1.165, 1.54) is 19.2 Å². The molecule has 0 aliphatic carbocycles. The number of rotatable bonds is 5. The molecule has 0 spiro atoms. The highest BCUT2D eigenvalue weighted by Gasteiger charge is 2.31. The molecule has 2 rings (SSSR count). The molecule has 1 amide bonds. The highest BCUT2D eigenvalue weighted by molar-refractivity contribution is 7.84.